The fraction of sp³-hybridized carbons (Fsp3) is 0.167. The van der Waals surface area contributed by atoms with Gasteiger partial charge in [-0.05, 0) is 48.5 Å². The second-order valence-corrected chi connectivity index (χ2v) is 6.96. The Kier molecular flexibility index (Phi) is 8.31. The van der Waals surface area contributed by atoms with Gasteiger partial charge in [0.1, 0.15) is 24.7 Å². The summed E-state index contributed by atoms with van der Waals surface area (Å²) < 4.78 is 11.3. The van der Waals surface area contributed by atoms with Crippen molar-refractivity contribution in [2.75, 3.05) is 26.3 Å². The summed E-state index contributed by atoms with van der Waals surface area (Å²) >= 11 is 5.82. The molecule has 0 heterocycles. The monoisotopic (exact) mass is 438 g/mol. The molecule has 2 N–H and O–H groups in total. The molecule has 2 amide bonds. The molecule has 0 aliphatic heterocycles. The Hall–Kier alpha value is -3.51. The van der Waals surface area contributed by atoms with Crippen molar-refractivity contribution >= 4 is 23.4 Å². The number of carbonyl (C=O) groups excluding carboxylic acids is 2. The molecule has 0 spiro atoms. The predicted octanol–water partition coefficient (Wildman–Crippen LogP) is 3.96. The van der Waals surface area contributed by atoms with Crippen LogP contribution in [0.25, 0.3) is 0 Å². The Bertz CT molecular complexity index is 994. The maximum atomic E-state index is 12.5. The van der Waals surface area contributed by atoms with Crippen LogP contribution in [0, 0.1) is 0 Å². The number of hydrogen-bond donors (Lipinski definition) is 2. The van der Waals surface area contributed by atoms with Crippen molar-refractivity contribution in [3.63, 3.8) is 0 Å². The zero-order valence-electron chi connectivity index (χ0n) is 16.8. The lowest BCUT2D eigenvalue weighted by Gasteiger charge is -2.12. The van der Waals surface area contributed by atoms with Gasteiger partial charge >= 0.3 is 0 Å². The summed E-state index contributed by atoms with van der Waals surface area (Å²) in [6.07, 6.45) is 0. The molecule has 31 heavy (non-hydrogen) atoms. The first-order valence-corrected chi connectivity index (χ1v) is 10.2. The fourth-order valence-electron chi connectivity index (χ4n) is 2.76. The lowest BCUT2D eigenvalue weighted by molar-refractivity contribution is 0.0925. The molecule has 0 saturated carbocycles. The van der Waals surface area contributed by atoms with Gasteiger partial charge in [-0.2, -0.15) is 0 Å². The molecule has 0 bridgehead atoms. The zero-order chi connectivity index (χ0) is 21.9. The highest BCUT2D eigenvalue weighted by Crippen LogP contribution is 2.18. The van der Waals surface area contributed by atoms with Gasteiger partial charge in [-0.25, -0.2) is 0 Å². The number of para-hydroxylation sites is 2. The summed E-state index contributed by atoms with van der Waals surface area (Å²) in [6.45, 7) is 1.23. The Morgan fingerprint density at radius 1 is 0.710 bits per heavy atom. The van der Waals surface area contributed by atoms with Crippen molar-refractivity contribution in [1.29, 1.82) is 0 Å². The molecule has 0 fully saturated rings. The number of halogens is 1. The highest BCUT2D eigenvalue weighted by Gasteiger charge is 2.12. The van der Waals surface area contributed by atoms with Gasteiger partial charge in [-0.15, -0.1) is 0 Å². The molecule has 0 aromatic heterocycles. The second kappa shape index (κ2) is 11.6. The first kappa shape index (κ1) is 22.2. The van der Waals surface area contributed by atoms with Crippen molar-refractivity contribution in [3.8, 4) is 11.5 Å². The van der Waals surface area contributed by atoms with Gasteiger partial charge in [0.25, 0.3) is 11.8 Å². The maximum absolute atomic E-state index is 12.5. The van der Waals surface area contributed by atoms with Crippen LogP contribution in [-0.2, 0) is 0 Å². The van der Waals surface area contributed by atoms with E-state index in [1.807, 2.05) is 30.3 Å². The van der Waals surface area contributed by atoms with Crippen LogP contribution in [0.1, 0.15) is 20.7 Å². The van der Waals surface area contributed by atoms with E-state index in [1.54, 1.807) is 48.5 Å². The Morgan fingerprint density at radius 3 is 2.06 bits per heavy atom. The molecular weight excluding hydrogens is 416 g/mol. The van der Waals surface area contributed by atoms with Crippen LogP contribution in [-0.4, -0.2) is 38.1 Å². The van der Waals surface area contributed by atoms with Gasteiger partial charge in [-0.3, -0.25) is 9.59 Å². The molecule has 0 saturated heterocycles. The van der Waals surface area contributed by atoms with Crippen molar-refractivity contribution in [1.82, 2.24) is 10.6 Å². The average Bonchev–Trinajstić information content (AvgIpc) is 2.80. The highest BCUT2D eigenvalue weighted by molar-refractivity contribution is 6.30. The van der Waals surface area contributed by atoms with Crippen molar-refractivity contribution < 1.29 is 19.1 Å². The number of rotatable bonds is 10. The molecule has 3 aromatic rings. The molecule has 6 nitrogen and oxygen atoms in total. The topological polar surface area (TPSA) is 76.7 Å². The van der Waals surface area contributed by atoms with E-state index in [-0.39, 0.29) is 18.4 Å². The summed E-state index contributed by atoms with van der Waals surface area (Å²) in [7, 11) is 0. The van der Waals surface area contributed by atoms with Crippen LogP contribution in [0.3, 0.4) is 0 Å². The van der Waals surface area contributed by atoms with Gasteiger partial charge < -0.3 is 20.1 Å². The summed E-state index contributed by atoms with van der Waals surface area (Å²) in [4.78, 5) is 24.6. The van der Waals surface area contributed by atoms with Crippen LogP contribution in [0.5, 0.6) is 11.5 Å². The zero-order valence-corrected chi connectivity index (χ0v) is 17.6. The third-order valence-electron chi connectivity index (χ3n) is 4.29. The normalized spacial score (nSPS) is 10.2. The Balaban J connectivity index is 1.42. The third-order valence-corrected chi connectivity index (χ3v) is 4.54. The van der Waals surface area contributed by atoms with E-state index in [2.05, 4.69) is 10.6 Å². The summed E-state index contributed by atoms with van der Waals surface area (Å²) in [6, 6.07) is 23.0. The highest BCUT2D eigenvalue weighted by atomic mass is 35.5. The third kappa shape index (κ3) is 7.04. The largest absolute Gasteiger partial charge is 0.490 e. The molecular formula is C24H23ClN2O4. The molecule has 0 unspecified atom stereocenters. The lowest BCUT2D eigenvalue weighted by atomic mass is 10.2. The van der Waals surface area contributed by atoms with Crippen molar-refractivity contribution in [2.45, 2.75) is 0 Å². The quantitative estimate of drug-likeness (QED) is 0.470. The number of carbonyl (C=O) groups is 2. The summed E-state index contributed by atoms with van der Waals surface area (Å²) in [5.74, 6) is 0.730. The van der Waals surface area contributed by atoms with E-state index in [0.29, 0.717) is 41.7 Å². The molecule has 160 valence electrons. The number of ether oxygens (including phenoxy) is 2. The lowest BCUT2D eigenvalue weighted by Crippen LogP contribution is -2.34. The van der Waals surface area contributed by atoms with Crippen LogP contribution >= 0.6 is 11.6 Å². The van der Waals surface area contributed by atoms with Crippen LogP contribution in [0.4, 0.5) is 0 Å². The fourth-order valence-corrected chi connectivity index (χ4v) is 2.88. The second-order valence-electron chi connectivity index (χ2n) is 6.52. The number of benzene rings is 3. The van der Waals surface area contributed by atoms with E-state index in [0.717, 1.165) is 5.75 Å². The van der Waals surface area contributed by atoms with E-state index in [4.69, 9.17) is 21.1 Å². The van der Waals surface area contributed by atoms with Gasteiger partial charge in [0, 0.05) is 23.7 Å². The number of amides is 2. The molecule has 0 aliphatic carbocycles. The van der Waals surface area contributed by atoms with E-state index >= 15 is 0 Å². The summed E-state index contributed by atoms with van der Waals surface area (Å²) in [5.41, 5.74) is 0.929. The minimum absolute atomic E-state index is 0.229. The van der Waals surface area contributed by atoms with Gasteiger partial charge in [0.15, 0.2) is 0 Å². The predicted molar refractivity (Wildman–Crippen MR) is 120 cm³/mol. The van der Waals surface area contributed by atoms with Gasteiger partial charge in [0.2, 0.25) is 0 Å². The molecule has 3 rings (SSSR count). The van der Waals surface area contributed by atoms with E-state index in [1.165, 1.54) is 0 Å². The number of nitrogens with one attached hydrogen (secondary N) is 2. The maximum Gasteiger partial charge on any atom is 0.255 e. The minimum Gasteiger partial charge on any atom is -0.490 e. The first-order valence-electron chi connectivity index (χ1n) is 9.85. The smallest absolute Gasteiger partial charge is 0.255 e. The van der Waals surface area contributed by atoms with Crippen molar-refractivity contribution in [2.24, 2.45) is 0 Å². The molecule has 3 aromatic carbocycles. The SMILES string of the molecule is O=C(NCCNC(=O)c1ccccc1OCCOc1ccccc1)c1ccc(Cl)cc1. The van der Waals surface area contributed by atoms with E-state index < -0.39 is 0 Å². The molecule has 0 atom stereocenters. The van der Waals surface area contributed by atoms with Crippen LogP contribution < -0.4 is 20.1 Å². The summed E-state index contributed by atoms with van der Waals surface area (Å²) in [5, 5.41) is 6.10. The number of hydrogen-bond acceptors (Lipinski definition) is 4. The van der Waals surface area contributed by atoms with E-state index in [9.17, 15) is 9.59 Å². The molecule has 7 heteroatoms. The first-order chi connectivity index (χ1) is 15.1. The average molecular weight is 439 g/mol. The minimum atomic E-state index is -0.277. The van der Waals surface area contributed by atoms with Gasteiger partial charge in [0.05, 0.1) is 5.56 Å². The standard InChI is InChI=1S/C24H23ClN2O4/c25-19-12-10-18(11-13-19)23(28)26-14-15-27-24(29)21-8-4-5-9-22(21)31-17-16-30-20-6-2-1-3-7-20/h1-13H,14-17H2,(H,26,28)(H,27,29). The van der Waals surface area contributed by atoms with Gasteiger partial charge in [-0.1, -0.05) is 41.9 Å². The van der Waals surface area contributed by atoms with Crippen LogP contribution in [0.2, 0.25) is 5.02 Å². The van der Waals surface area contributed by atoms with Crippen molar-refractivity contribution in [3.05, 3.63) is 95.0 Å². The molecule has 0 radical (unpaired) electrons. The Morgan fingerprint density at radius 2 is 1.32 bits per heavy atom. The van der Waals surface area contributed by atoms with Crippen LogP contribution in [0.15, 0.2) is 78.9 Å². The Labute approximate surface area is 186 Å². The molecule has 0 aliphatic rings.